The van der Waals surface area contributed by atoms with Gasteiger partial charge < -0.3 is 9.42 Å². The molecule has 1 saturated heterocycles. The van der Waals surface area contributed by atoms with Crippen LogP contribution in [0.3, 0.4) is 0 Å². The van der Waals surface area contributed by atoms with E-state index in [1.807, 2.05) is 0 Å². The Kier molecular flexibility index (Phi) is 7.04. The van der Waals surface area contributed by atoms with E-state index in [0.717, 1.165) is 32.0 Å². The number of aryl methyl sites for hydroxylation is 1. The van der Waals surface area contributed by atoms with E-state index in [1.54, 1.807) is 25.1 Å². The molecule has 7 nitrogen and oxygen atoms in total. The second kappa shape index (κ2) is 9.78. The fraction of sp³-hybridized carbons (Fsp3) is 0.455. The first-order valence-electron chi connectivity index (χ1n) is 10.7. The van der Waals surface area contributed by atoms with Gasteiger partial charge in [0.25, 0.3) is 5.89 Å². The van der Waals surface area contributed by atoms with Crippen LogP contribution in [0.15, 0.2) is 39.8 Å². The van der Waals surface area contributed by atoms with Gasteiger partial charge in [0.15, 0.2) is 0 Å². The van der Waals surface area contributed by atoms with Crippen molar-refractivity contribution in [3.63, 3.8) is 0 Å². The molecule has 1 aliphatic heterocycles. The van der Waals surface area contributed by atoms with Gasteiger partial charge in [-0.05, 0) is 82.1 Å². The Balaban J connectivity index is 1.38. The predicted molar refractivity (Wildman–Crippen MR) is 122 cm³/mol. The van der Waals surface area contributed by atoms with Crippen molar-refractivity contribution in [3.05, 3.63) is 41.0 Å². The van der Waals surface area contributed by atoms with Crippen molar-refractivity contribution in [2.24, 2.45) is 5.92 Å². The first-order valence-corrected chi connectivity index (χ1v) is 13.0. The molecule has 0 radical (unpaired) electrons. The fourth-order valence-corrected chi connectivity index (χ4v) is 6.34. The molecule has 1 fully saturated rings. The molecule has 0 atom stereocenters. The van der Waals surface area contributed by atoms with Crippen molar-refractivity contribution in [1.82, 2.24) is 19.8 Å². The van der Waals surface area contributed by atoms with Gasteiger partial charge in [-0.25, -0.2) is 17.5 Å². The third-order valence-electron chi connectivity index (χ3n) is 5.72. The third kappa shape index (κ3) is 5.43. The Morgan fingerprint density at radius 3 is 2.69 bits per heavy atom. The first-order chi connectivity index (χ1) is 15.3. The molecule has 3 heterocycles. The Hall–Kier alpha value is -2.14. The Bertz CT molecular complexity index is 1150. The van der Waals surface area contributed by atoms with E-state index in [4.69, 9.17) is 4.52 Å². The van der Waals surface area contributed by atoms with Gasteiger partial charge in [0.2, 0.25) is 15.8 Å². The topological polar surface area (TPSA) is 88.3 Å². The van der Waals surface area contributed by atoms with Crippen molar-refractivity contribution in [1.29, 1.82) is 0 Å². The molecule has 1 aromatic carbocycles. The zero-order valence-electron chi connectivity index (χ0n) is 18.2. The second-order valence-electron chi connectivity index (χ2n) is 8.24. The number of piperidine rings is 1. The summed E-state index contributed by atoms with van der Waals surface area (Å²) in [6.07, 6.45) is 3.19. The lowest BCUT2D eigenvalue weighted by Crippen LogP contribution is -2.35. The maximum Gasteiger partial charge on any atom is 0.268 e. The number of nitrogens with zero attached hydrogens (tertiary/aromatic N) is 3. The molecular weight excluding hydrogens is 451 g/mol. The van der Waals surface area contributed by atoms with E-state index in [1.165, 1.54) is 36.3 Å². The fourth-order valence-electron chi connectivity index (χ4n) is 3.75. The number of nitrogens with one attached hydrogen (secondary N) is 1. The average Bonchev–Trinajstić information content (AvgIpc) is 3.40. The van der Waals surface area contributed by atoms with E-state index in [9.17, 15) is 12.8 Å². The van der Waals surface area contributed by atoms with E-state index >= 15 is 0 Å². The van der Waals surface area contributed by atoms with E-state index in [2.05, 4.69) is 26.7 Å². The number of sulfonamides is 1. The van der Waals surface area contributed by atoms with Crippen LogP contribution >= 0.6 is 11.3 Å². The quantitative estimate of drug-likeness (QED) is 0.485. The lowest BCUT2D eigenvalue weighted by Gasteiger charge is -2.30. The number of hydrogen-bond acceptors (Lipinski definition) is 7. The van der Waals surface area contributed by atoms with Crippen molar-refractivity contribution in [3.8, 4) is 22.2 Å². The van der Waals surface area contributed by atoms with Crippen molar-refractivity contribution >= 4 is 21.4 Å². The molecule has 0 spiro atoms. The highest BCUT2D eigenvalue weighted by Crippen LogP contribution is 2.33. The Morgan fingerprint density at radius 1 is 1.25 bits per heavy atom. The summed E-state index contributed by atoms with van der Waals surface area (Å²) in [7, 11) is -3.63. The molecule has 32 heavy (non-hydrogen) atoms. The van der Waals surface area contributed by atoms with Crippen LogP contribution in [0, 0.1) is 18.7 Å². The lowest BCUT2D eigenvalue weighted by molar-refractivity contribution is 0.191. The average molecular weight is 479 g/mol. The molecule has 172 valence electrons. The number of halogens is 1. The number of benzene rings is 1. The second-order valence-corrected chi connectivity index (χ2v) is 11.2. The smallest absolute Gasteiger partial charge is 0.268 e. The SMILES string of the molecule is Cc1sc(-c2nc(-c3ccc(F)cc3)no2)cc1S(=O)(=O)NCCCN1CCC(C)CC1. The van der Waals surface area contributed by atoms with Crippen molar-refractivity contribution in [2.45, 2.75) is 38.0 Å². The van der Waals surface area contributed by atoms with Gasteiger partial charge in [0.05, 0.1) is 9.77 Å². The van der Waals surface area contributed by atoms with Gasteiger partial charge in [-0.2, -0.15) is 4.98 Å². The number of aromatic nitrogens is 2. The van der Waals surface area contributed by atoms with E-state index < -0.39 is 10.0 Å². The highest BCUT2D eigenvalue weighted by Gasteiger charge is 2.23. The van der Waals surface area contributed by atoms with Crippen LogP contribution in [0.1, 0.15) is 31.1 Å². The molecule has 3 aromatic rings. The van der Waals surface area contributed by atoms with Gasteiger partial charge in [0.1, 0.15) is 5.82 Å². The maximum absolute atomic E-state index is 13.1. The zero-order valence-corrected chi connectivity index (χ0v) is 19.8. The molecule has 2 aromatic heterocycles. The largest absolute Gasteiger partial charge is 0.333 e. The number of rotatable bonds is 8. The standard InChI is InChI=1S/C22H27FN4O3S2/c1-15-8-12-27(13-9-15)11-3-10-24-32(28,29)20-14-19(31-16(20)2)22-25-21(26-30-22)17-4-6-18(23)7-5-17/h4-7,14-15,24H,3,8-13H2,1-2H3. The first kappa shape index (κ1) is 23.0. The molecule has 0 bridgehead atoms. The summed E-state index contributed by atoms with van der Waals surface area (Å²) >= 11 is 1.28. The van der Waals surface area contributed by atoms with Crippen LogP contribution in [0.2, 0.25) is 0 Å². The molecule has 0 unspecified atom stereocenters. The van der Waals surface area contributed by atoms with Crippen molar-refractivity contribution in [2.75, 3.05) is 26.2 Å². The van der Waals surface area contributed by atoms with Gasteiger partial charge in [-0.3, -0.25) is 0 Å². The number of thiophene rings is 1. The van der Waals surface area contributed by atoms with Gasteiger partial charge in [-0.15, -0.1) is 11.3 Å². The molecule has 0 saturated carbocycles. The summed E-state index contributed by atoms with van der Waals surface area (Å²) in [6.45, 7) is 7.51. The molecule has 1 aliphatic rings. The van der Waals surface area contributed by atoms with Crippen LogP contribution in [0.5, 0.6) is 0 Å². The molecule has 0 aliphatic carbocycles. The Labute approximate surface area is 191 Å². The highest BCUT2D eigenvalue weighted by atomic mass is 32.2. The summed E-state index contributed by atoms with van der Waals surface area (Å²) in [5.41, 5.74) is 0.618. The highest BCUT2D eigenvalue weighted by molar-refractivity contribution is 7.89. The number of hydrogen-bond donors (Lipinski definition) is 1. The molecule has 10 heteroatoms. The minimum atomic E-state index is -3.63. The maximum atomic E-state index is 13.1. The summed E-state index contributed by atoms with van der Waals surface area (Å²) in [6, 6.07) is 7.34. The normalized spacial score (nSPS) is 16.0. The summed E-state index contributed by atoms with van der Waals surface area (Å²) in [5, 5.41) is 3.93. The monoisotopic (exact) mass is 478 g/mol. The summed E-state index contributed by atoms with van der Waals surface area (Å²) in [5.74, 6) is 0.990. The van der Waals surface area contributed by atoms with Crippen molar-refractivity contribution < 1.29 is 17.3 Å². The van der Waals surface area contributed by atoms with E-state index in [-0.39, 0.29) is 16.6 Å². The summed E-state index contributed by atoms with van der Waals surface area (Å²) < 4.78 is 46.8. The number of likely N-dealkylation sites (tertiary alicyclic amines) is 1. The van der Waals surface area contributed by atoms with Crippen LogP contribution in [-0.4, -0.2) is 49.6 Å². The minimum Gasteiger partial charge on any atom is -0.333 e. The van der Waals surface area contributed by atoms with Crippen LogP contribution < -0.4 is 4.72 Å². The van der Waals surface area contributed by atoms with Crippen LogP contribution in [-0.2, 0) is 10.0 Å². The molecule has 0 amide bonds. The van der Waals surface area contributed by atoms with Crippen LogP contribution in [0.25, 0.3) is 22.2 Å². The lowest BCUT2D eigenvalue weighted by atomic mass is 9.99. The van der Waals surface area contributed by atoms with Crippen LogP contribution in [0.4, 0.5) is 4.39 Å². The van der Waals surface area contributed by atoms with Gasteiger partial charge >= 0.3 is 0 Å². The molecule has 1 N–H and O–H groups in total. The summed E-state index contributed by atoms with van der Waals surface area (Å²) in [4.78, 5) is 8.19. The zero-order chi connectivity index (χ0) is 22.7. The van der Waals surface area contributed by atoms with Gasteiger partial charge in [0, 0.05) is 17.0 Å². The molecule has 4 rings (SSSR count). The predicted octanol–water partition coefficient (Wildman–Crippen LogP) is 4.31. The Morgan fingerprint density at radius 2 is 1.97 bits per heavy atom. The van der Waals surface area contributed by atoms with Gasteiger partial charge in [-0.1, -0.05) is 12.1 Å². The minimum absolute atomic E-state index is 0.228. The molecular formula is C22H27FN4O3S2. The van der Waals surface area contributed by atoms with E-state index in [0.29, 0.717) is 27.7 Å². The third-order valence-corrected chi connectivity index (χ3v) is 8.48.